The maximum absolute atomic E-state index is 15.2. The molecule has 35 heavy (non-hydrogen) atoms. The van der Waals surface area contributed by atoms with Crippen LogP contribution in [0.5, 0.6) is 11.5 Å². The van der Waals surface area contributed by atoms with E-state index >= 15 is 4.39 Å². The van der Waals surface area contributed by atoms with Gasteiger partial charge in [0.25, 0.3) is 0 Å². The van der Waals surface area contributed by atoms with Crippen LogP contribution in [-0.2, 0) is 11.3 Å². The zero-order valence-electron chi connectivity index (χ0n) is 19.5. The van der Waals surface area contributed by atoms with Gasteiger partial charge in [-0.15, -0.1) is 0 Å². The summed E-state index contributed by atoms with van der Waals surface area (Å²) < 4.78 is 35.5. The second-order valence-corrected chi connectivity index (χ2v) is 9.34. The van der Waals surface area contributed by atoms with Gasteiger partial charge in [-0.05, 0) is 39.0 Å². The third-order valence-electron chi connectivity index (χ3n) is 5.81. The molecule has 10 nitrogen and oxygen atoms in total. The fraction of sp³-hybridized carbons (Fsp3) is 0.333. The van der Waals surface area contributed by atoms with E-state index in [0.717, 1.165) is 6.34 Å². The molecule has 0 bridgehead atoms. The molecule has 182 valence electrons. The Morgan fingerprint density at radius 2 is 2.00 bits per heavy atom. The second-order valence-electron chi connectivity index (χ2n) is 9.34. The van der Waals surface area contributed by atoms with Gasteiger partial charge in [0.05, 0.1) is 32.0 Å². The van der Waals surface area contributed by atoms with Gasteiger partial charge in [-0.3, -0.25) is 20.3 Å². The molecule has 1 amide bonds. The Kier molecular flexibility index (Phi) is 5.34. The standard InChI is InChI=1S/C24H25FN6O4/c1-24(2,3)35-23(32)29-10-15-16(25)5-6-18-20(15)14(11-33-18)12-34-19-9-17(31-8-4-7-28-31)21(27)30(13-26)22(19)29/h4-9,13-14,26-27H,10-12H2,1-3H3/t14-/m1/s1. The predicted octanol–water partition coefficient (Wildman–Crippen LogP) is 3.56. The van der Waals surface area contributed by atoms with E-state index < -0.39 is 17.5 Å². The van der Waals surface area contributed by atoms with E-state index in [-0.39, 0.29) is 41.7 Å². The molecule has 0 unspecified atom stereocenters. The van der Waals surface area contributed by atoms with Gasteiger partial charge >= 0.3 is 6.09 Å². The summed E-state index contributed by atoms with van der Waals surface area (Å²) in [5.74, 6) is 0.107. The van der Waals surface area contributed by atoms with Crippen LogP contribution in [0, 0.1) is 16.6 Å². The number of ether oxygens (including phenoxy) is 3. The van der Waals surface area contributed by atoms with Gasteiger partial charge in [0.1, 0.15) is 22.9 Å². The molecule has 5 rings (SSSR count). The fourth-order valence-corrected chi connectivity index (χ4v) is 4.33. The Balaban J connectivity index is 1.77. The number of benzene rings is 1. The van der Waals surface area contributed by atoms with Crippen LogP contribution in [-0.4, -0.2) is 45.6 Å². The molecular weight excluding hydrogens is 455 g/mol. The van der Waals surface area contributed by atoms with Crippen LogP contribution in [0.2, 0.25) is 0 Å². The number of nitrogens with zero attached hydrogens (tertiary/aromatic N) is 4. The zero-order valence-corrected chi connectivity index (χ0v) is 19.5. The lowest BCUT2D eigenvalue weighted by Crippen LogP contribution is -2.40. The monoisotopic (exact) mass is 480 g/mol. The Morgan fingerprint density at radius 1 is 1.26 bits per heavy atom. The van der Waals surface area contributed by atoms with Gasteiger partial charge < -0.3 is 14.2 Å². The molecule has 1 atom stereocenters. The molecule has 2 aromatic heterocycles. The van der Waals surface area contributed by atoms with E-state index in [9.17, 15) is 4.79 Å². The van der Waals surface area contributed by atoms with Crippen molar-refractivity contribution in [3.8, 4) is 17.2 Å². The molecule has 0 saturated carbocycles. The largest absolute Gasteiger partial charge is 0.493 e. The summed E-state index contributed by atoms with van der Waals surface area (Å²) in [5, 5.41) is 21.0. The van der Waals surface area contributed by atoms with Crippen LogP contribution >= 0.6 is 0 Å². The van der Waals surface area contributed by atoms with Gasteiger partial charge in [0, 0.05) is 29.6 Å². The number of hydrogen-bond acceptors (Lipinski definition) is 7. The molecular formula is C24H25FN6O4. The Hall–Kier alpha value is -4.15. The van der Waals surface area contributed by atoms with Crippen LogP contribution in [0.4, 0.5) is 15.0 Å². The van der Waals surface area contributed by atoms with Crippen LogP contribution in [0.1, 0.15) is 37.8 Å². The summed E-state index contributed by atoms with van der Waals surface area (Å²) in [6.07, 6.45) is 3.38. The third kappa shape index (κ3) is 3.92. The number of anilines is 1. The number of rotatable bonds is 2. The lowest BCUT2D eigenvalue weighted by Gasteiger charge is -2.30. The van der Waals surface area contributed by atoms with Crippen molar-refractivity contribution >= 4 is 18.2 Å². The summed E-state index contributed by atoms with van der Waals surface area (Å²) in [5.41, 5.74) is 0.318. The van der Waals surface area contributed by atoms with Gasteiger partial charge in [-0.1, -0.05) is 0 Å². The van der Waals surface area contributed by atoms with Gasteiger partial charge in [-0.2, -0.15) is 5.10 Å². The molecule has 11 heteroatoms. The topological polar surface area (TPSA) is 118 Å². The highest BCUT2D eigenvalue weighted by atomic mass is 19.1. The molecule has 2 aliphatic rings. The molecule has 4 heterocycles. The first-order chi connectivity index (χ1) is 16.7. The van der Waals surface area contributed by atoms with E-state index in [2.05, 4.69) is 5.10 Å². The van der Waals surface area contributed by atoms with E-state index in [1.807, 2.05) is 0 Å². The van der Waals surface area contributed by atoms with Gasteiger partial charge in [0.15, 0.2) is 17.1 Å². The SMILES string of the molecule is CC(C)(C)OC(=O)N1Cc2c(F)ccc3c2[C@H](CO3)COc2cc(-n3cccn3)c(=N)n(C=N)c21. The Bertz CT molecular complexity index is 1380. The molecule has 0 fully saturated rings. The second kappa shape index (κ2) is 8.26. The summed E-state index contributed by atoms with van der Waals surface area (Å²) >= 11 is 0. The molecule has 0 spiro atoms. The minimum absolute atomic E-state index is 0.0908. The average molecular weight is 481 g/mol. The highest BCUT2D eigenvalue weighted by molar-refractivity contribution is 5.91. The number of amides is 1. The number of carbonyl (C=O) groups is 1. The molecule has 0 aliphatic carbocycles. The first-order valence-electron chi connectivity index (χ1n) is 11.1. The van der Waals surface area contributed by atoms with E-state index in [1.165, 1.54) is 20.2 Å². The van der Waals surface area contributed by atoms with Crippen molar-refractivity contribution in [2.45, 2.75) is 38.8 Å². The maximum Gasteiger partial charge on any atom is 0.416 e. The average Bonchev–Trinajstić information content (AvgIpc) is 3.47. The minimum Gasteiger partial charge on any atom is -0.493 e. The molecule has 2 aliphatic heterocycles. The van der Waals surface area contributed by atoms with Crippen LogP contribution in [0.25, 0.3) is 5.69 Å². The molecule has 3 aromatic rings. The number of aromatic nitrogens is 3. The normalized spacial score (nSPS) is 16.7. The predicted molar refractivity (Wildman–Crippen MR) is 124 cm³/mol. The maximum atomic E-state index is 15.2. The van der Waals surface area contributed by atoms with Crippen LogP contribution in [0.3, 0.4) is 0 Å². The number of pyridine rings is 1. The van der Waals surface area contributed by atoms with E-state index in [0.29, 0.717) is 23.6 Å². The van der Waals surface area contributed by atoms with Crippen molar-refractivity contribution in [3.63, 3.8) is 0 Å². The van der Waals surface area contributed by atoms with Crippen molar-refractivity contribution in [2.75, 3.05) is 18.1 Å². The van der Waals surface area contributed by atoms with Crippen LogP contribution in [0.15, 0.2) is 36.7 Å². The summed E-state index contributed by atoms with van der Waals surface area (Å²) in [6, 6.07) is 6.18. The summed E-state index contributed by atoms with van der Waals surface area (Å²) in [4.78, 5) is 14.7. The third-order valence-corrected chi connectivity index (χ3v) is 5.81. The zero-order chi connectivity index (χ0) is 24.9. The van der Waals surface area contributed by atoms with Crippen molar-refractivity contribution in [1.82, 2.24) is 14.3 Å². The lowest BCUT2D eigenvalue weighted by molar-refractivity contribution is 0.0574. The highest BCUT2D eigenvalue weighted by Gasteiger charge is 2.36. The summed E-state index contributed by atoms with van der Waals surface area (Å²) in [6.45, 7) is 5.43. The molecule has 2 N–H and O–H groups in total. The minimum atomic E-state index is -0.840. The Morgan fingerprint density at radius 3 is 2.66 bits per heavy atom. The molecule has 0 saturated heterocycles. The highest BCUT2D eigenvalue weighted by Crippen LogP contribution is 2.42. The van der Waals surface area contributed by atoms with E-state index in [1.54, 1.807) is 51.4 Å². The number of nitrogens with one attached hydrogen (secondary N) is 2. The number of carbonyl (C=O) groups excluding carboxylic acids is 1. The van der Waals surface area contributed by atoms with Gasteiger partial charge in [-0.25, -0.2) is 13.9 Å². The van der Waals surface area contributed by atoms with Crippen molar-refractivity contribution in [1.29, 1.82) is 10.8 Å². The van der Waals surface area contributed by atoms with Crippen molar-refractivity contribution in [3.05, 3.63) is 59.1 Å². The van der Waals surface area contributed by atoms with Crippen molar-refractivity contribution in [2.24, 2.45) is 0 Å². The number of fused-ring (bicyclic) bond motifs is 1. The smallest absolute Gasteiger partial charge is 0.416 e. The molecule has 1 aromatic carbocycles. The Labute approximate surface area is 200 Å². The van der Waals surface area contributed by atoms with Crippen molar-refractivity contribution < 1.29 is 23.4 Å². The lowest BCUT2D eigenvalue weighted by atomic mass is 9.95. The number of halogens is 1. The first-order valence-corrected chi connectivity index (χ1v) is 11.1. The quantitative estimate of drug-likeness (QED) is 0.430. The van der Waals surface area contributed by atoms with E-state index in [4.69, 9.17) is 25.0 Å². The molecule has 0 radical (unpaired) electrons. The summed E-state index contributed by atoms with van der Waals surface area (Å²) in [7, 11) is 0. The first kappa shape index (κ1) is 22.6. The fourth-order valence-electron chi connectivity index (χ4n) is 4.33. The van der Waals surface area contributed by atoms with Crippen LogP contribution < -0.4 is 19.9 Å². The van der Waals surface area contributed by atoms with Gasteiger partial charge in [0.2, 0.25) is 0 Å². The number of hydrogen-bond donors (Lipinski definition) is 2.